The molecule has 0 N–H and O–H groups in total. The van der Waals surface area contributed by atoms with Gasteiger partial charge in [-0.3, -0.25) is 9.69 Å². The monoisotopic (exact) mass is 600 g/mol. The molecule has 10 nitrogen and oxygen atoms in total. The third-order valence-electron chi connectivity index (χ3n) is 7.66. The second kappa shape index (κ2) is 13.8. The van der Waals surface area contributed by atoms with Gasteiger partial charge in [-0.25, -0.2) is 17.8 Å². The second-order valence-electron chi connectivity index (χ2n) is 10.5. The number of nitrogens with zero attached hydrogens (tertiary/aromatic N) is 4. The molecule has 3 heterocycles. The van der Waals surface area contributed by atoms with Gasteiger partial charge in [0.1, 0.15) is 11.6 Å². The highest BCUT2D eigenvalue weighted by Gasteiger charge is 2.29. The molecule has 2 aliphatic rings. The summed E-state index contributed by atoms with van der Waals surface area (Å²) in [6, 6.07) is 12.7. The largest absolute Gasteiger partial charge is 0.497 e. The minimum Gasteiger partial charge on any atom is -0.497 e. The van der Waals surface area contributed by atoms with E-state index in [1.807, 2.05) is 0 Å². The van der Waals surface area contributed by atoms with Crippen molar-refractivity contribution in [2.24, 2.45) is 0 Å². The van der Waals surface area contributed by atoms with Crippen LogP contribution in [0.1, 0.15) is 34.5 Å². The van der Waals surface area contributed by atoms with Gasteiger partial charge >= 0.3 is 0 Å². The van der Waals surface area contributed by atoms with Gasteiger partial charge in [0.25, 0.3) is 5.91 Å². The maximum Gasteiger partial charge on any atom is 0.254 e. The van der Waals surface area contributed by atoms with E-state index in [1.54, 1.807) is 46.9 Å². The normalized spacial score (nSPS) is 17.8. The molecule has 1 atom stereocenters. The first kappa shape index (κ1) is 30.1. The quantitative estimate of drug-likeness (QED) is 0.313. The van der Waals surface area contributed by atoms with Crippen LogP contribution < -0.4 is 4.74 Å². The van der Waals surface area contributed by atoms with E-state index in [2.05, 4.69) is 9.88 Å². The lowest BCUT2D eigenvalue weighted by Gasteiger charge is -2.30. The maximum absolute atomic E-state index is 14.4. The van der Waals surface area contributed by atoms with Gasteiger partial charge in [-0.15, -0.1) is 0 Å². The van der Waals surface area contributed by atoms with Gasteiger partial charge in [0.2, 0.25) is 15.0 Å². The van der Waals surface area contributed by atoms with Crippen LogP contribution in [0.25, 0.3) is 0 Å². The number of halogens is 1. The molecule has 2 saturated heterocycles. The number of benzene rings is 2. The standard InChI is InChI=1S/C30H37FN4O6S/c1-39-26-10-8-23(9-11-26)29(36)34(13-12-33-14-17-40-18-15-33)20-25-19-32-30(35(25)21-27-6-4-16-41-27)42(37,38)22-24-5-2-3-7-28(24)31/h2-3,5,7-11,19,27H,4,6,12-18,20-22H2,1H3/t27-/m0/s1. The first-order valence-corrected chi connectivity index (χ1v) is 15.8. The number of aromatic nitrogens is 2. The summed E-state index contributed by atoms with van der Waals surface area (Å²) in [5, 5.41) is -0.152. The highest BCUT2D eigenvalue weighted by Crippen LogP contribution is 2.24. The van der Waals surface area contributed by atoms with Crippen molar-refractivity contribution in [2.45, 2.75) is 42.9 Å². The van der Waals surface area contributed by atoms with Crippen LogP contribution in [0.5, 0.6) is 5.75 Å². The Morgan fingerprint density at radius 3 is 2.57 bits per heavy atom. The van der Waals surface area contributed by atoms with Crippen molar-refractivity contribution in [3.63, 3.8) is 0 Å². The molecule has 0 saturated carbocycles. The molecule has 12 heteroatoms. The third-order valence-corrected chi connectivity index (χ3v) is 9.23. The van der Waals surface area contributed by atoms with Crippen LogP contribution in [0.3, 0.4) is 0 Å². The molecule has 0 spiro atoms. The minimum atomic E-state index is -4.02. The predicted molar refractivity (Wildman–Crippen MR) is 153 cm³/mol. The van der Waals surface area contributed by atoms with Crippen molar-refractivity contribution in [3.05, 3.63) is 77.4 Å². The van der Waals surface area contributed by atoms with E-state index in [9.17, 15) is 17.6 Å². The summed E-state index contributed by atoms with van der Waals surface area (Å²) in [6.45, 7) is 4.93. The molecule has 0 aliphatic carbocycles. The van der Waals surface area contributed by atoms with Gasteiger partial charge in [0.15, 0.2) is 0 Å². The summed E-state index contributed by atoms with van der Waals surface area (Å²) in [5.41, 5.74) is 1.14. The van der Waals surface area contributed by atoms with Gasteiger partial charge in [0.05, 0.1) is 57.2 Å². The number of imidazole rings is 1. The van der Waals surface area contributed by atoms with Gasteiger partial charge in [0, 0.05) is 43.9 Å². The lowest BCUT2D eigenvalue weighted by molar-refractivity contribution is 0.0318. The number of hydrogen-bond donors (Lipinski definition) is 0. The molecule has 0 bridgehead atoms. The van der Waals surface area contributed by atoms with E-state index in [0.717, 1.165) is 25.9 Å². The molecular formula is C30H37FN4O6S. The molecule has 2 fully saturated rings. The lowest BCUT2D eigenvalue weighted by atomic mass is 10.2. The Kier molecular flexibility index (Phi) is 9.88. The fraction of sp³-hybridized carbons (Fsp3) is 0.467. The van der Waals surface area contributed by atoms with Crippen molar-refractivity contribution in [3.8, 4) is 5.75 Å². The topological polar surface area (TPSA) is 103 Å². The summed E-state index contributed by atoms with van der Waals surface area (Å²) in [5.74, 6) is -0.650. The zero-order valence-electron chi connectivity index (χ0n) is 23.8. The molecule has 5 rings (SSSR count). The van der Waals surface area contributed by atoms with Crippen molar-refractivity contribution in [2.75, 3.05) is 53.1 Å². The summed E-state index contributed by atoms with van der Waals surface area (Å²) < 4.78 is 59.8. The minimum absolute atomic E-state index is 0.0764. The maximum atomic E-state index is 14.4. The van der Waals surface area contributed by atoms with Crippen LogP contribution in [0, 0.1) is 5.82 Å². The number of morpholine rings is 1. The fourth-order valence-electron chi connectivity index (χ4n) is 5.29. The van der Waals surface area contributed by atoms with Crippen LogP contribution >= 0.6 is 0 Å². The van der Waals surface area contributed by atoms with Gasteiger partial charge in [-0.1, -0.05) is 18.2 Å². The Hall–Kier alpha value is -3.32. The summed E-state index contributed by atoms with van der Waals surface area (Å²) in [6.07, 6.45) is 3.00. The van der Waals surface area contributed by atoms with Crippen LogP contribution in [0.4, 0.5) is 4.39 Å². The molecule has 42 heavy (non-hydrogen) atoms. The SMILES string of the molecule is COc1ccc(C(=O)N(CCN2CCOCC2)Cc2cnc(S(=O)(=O)Cc3ccccc3F)n2C[C@@H]2CCCO2)cc1. The van der Waals surface area contributed by atoms with Gasteiger partial charge in [-0.2, -0.15) is 0 Å². The average Bonchev–Trinajstić information content (AvgIpc) is 3.67. The molecule has 226 valence electrons. The smallest absolute Gasteiger partial charge is 0.254 e. The zero-order valence-corrected chi connectivity index (χ0v) is 24.6. The van der Waals surface area contributed by atoms with Crippen LogP contribution in [0.15, 0.2) is 59.9 Å². The Morgan fingerprint density at radius 1 is 1.12 bits per heavy atom. The second-order valence-corrected chi connectivity index (χ2v) is 12.4. The Labute approximate surface area is 245 Å². The summed E-state index contributed by atoms with van der Waals surface area (Å²) in [4.78, 5) is 22.1. The number of hydrogen-bond acceptors (Lipinski definition) is 8. The number of rotatable bonds is 12. The first-order valence-electron chi connectivity index (χ1n) is 14.2. The molecule has 0 radical (unpaired) electrons. The Balaban J connectivity index is 1.45. The molecule has 2 aromatic carbocycles. The van der Waals surface area contributed by atoms with E-state index in [1.165, 1.54) is 24.4 Å². The number of ether oxygens (including phenoxy) is 3. The van der Waals surface area contributed by atoms with Crippen molar-refractivity contribution < 1.29 is 31.8 Å². The number of carbonyl (C=O) groups is 1. The van der Waals surface area contributed by atoms with Crippen LogP contribution in [-0.2, 0) is 38.2 Å². The Bertz CT molecular complexity index is 1450. The number of amides is 1. The van der Waals surface area contributed by atoms with E-state index in [0.29, 0.717) is 49.9 Å². The van der Waals surface area contributed by atoms with E-state index in [-0.39, 0.29) is 35.8 Å². The van der Waals surface area contributed by atoms with E-state index in [4.69, 9.17) is 14.2 Å². The third kappa shape index (κ3) is 7.35. The highest BCUT2D eigenvalue weighted by atomic mass is 32.2. The number of sulfone groups is 1. The van der Waals surface area contributed by atoms with E-state index < -0.39 is 21.4 Å². The molecule has 3 aromatic rings. The van der Waals surface area contributed by atoms with Gasteiger partial charge in [-0.05, 0) is 43.2 Å². The first-order chi connectivity index (χ1) is 20.3. The van der Waals surface area contributed by atoms with Crippen molar-refractivity contribution in [1.29, 1.82) is 0 Å². The Morgan fingerprint density at radius 2 is 1.88 bits per heavy atom. The zero-order chi connectivity index (χ0) is 29.5. The lowest BCUT2D eigenvalue weighted by Crippen LogP contribution is -2.43. The highest BCUT2D eigenvalue weighted by molar-refractivity contribution is 7.90. The molecular weight excluding hydrogens is 563 g/mol. The average molecular weight is 601 g/mol. The van der Waals surface area contributed by atoms with E-state index >= 15 is 0 Å². The van der Waals surface area contributed by atoms with Crippen LogP contribution in [0.2, 0.25) is 0 Å². The molecule has 0 unspecified atom stereocenters. The number of carbonyl (C=O) groups excluding carboxylic acids is 1. The number of methoxy groups -OCH3 is 1. The molecule has 1 amide bonds. The summed E-state index contributed by atoms with van der Waals surface area (Å²) >= 11 is 0. The van der Waals surface area contributed by atoms with Crippen LogP contribution in [-0.4, -0.2) is 92.9 Å². The van der Waals surface area contributed by atoms with Crippen molar-refractivity contribution >= 4 is 15.7 Å². The molecule has 1 aromatic heterocycles. The molecule has 2 aliphatic heterocycles. The summed E-state index contributed by atoms with van der Waals surface area (Å²) in [7, 11) is -2.45. The van der Waals surface area contributed by atoms with Crippen molar-refractivity contribution in [1.82, 2.24) is 19.4 Å². The fourth-order valence-corrected chi connectivity index (χ4v) is 6.80. The van der Waals surface area contributed by atoms with Gasteiger partial charge < -0.3 is 23.7 Å². The predicted octanol–water partition coefficient (Wildman–Crippen LogP) is 3.16.